The highest BCUT2D eigenvalue weighted by atomic mass is 32.2. The van der Waals surface area contributed by atoms with Crippen LogP contribution in [0, 0.1) is 11.7 Å². The van der Waals surface area contributed by atoms with Crippen molar-refractivity contribution in [3.8, 4) is 0 Å². The summed E-state index contributed by atoms with van der Waals surface area (Å²) in [5.74, 6) is -0.414. The first kappa shape index (κ1) is 15.8. The lowest BCUT2D eigenvalue weighted by Crippen LogP contribution is -2.33. The molecular formula is C11H16FN3O2S2. The van der Waals surface area contributed by atoms with Crippen molar-refractivity contribution >= 4 is 33.1 Å². The van der Waals surface area contributed by atoms with Crippen molar-refractivity contribution in [1.29, 1.82) is 0 Å². The molecule has 0 saturated heterocycles. The summed E-state index contributed by atoms with van der Waals surface area (Å²) in [5.41, 5.74) is 5.54. The van der Waals surface area contributed by atoms with Gasteiger partial charge in [-0.25, -0.2) is 4.39 Å². The number of halogens is 1. The molecule has 0 aromatic heterocycles. The van der Waals surface area contributed by atoms with Gasteiger partial charge >= 0.3 is 0 Å². The minimum atomic E-state index is -3.69. The topological polar surface area (TPSA) is 84.2 Å². The molecule has 0 aliphatic heterocycles. The number of nitrogens with one attached hydrogen (secondary N) is 2. The molecular weight excluding hydrogens is 289 g/mol. The number of hydrogen-bond donors (Lipinski definition) is 3. The van der Waals surface area contributed by atoms with Crippen molar-refractivity contribution in [2.45, 2.75) is 13.8 Å². The van der Waals surface area contributed by atoms with Crippen molar-refractivity contribution in [2.24, 2.45) is 11.7 Å². The monoisotopic (exact) mass is 305 g/mol. The van der Waals surface area contributed by atoms with E-state index in [9.17, 15) is 12.8 Å². The maximum absolute atomic E-state index is 13.3. The van der Waals surface area contributed by atoms with E-state index < -0.39 is 16.0 Å². The number of anilines is 1. The lowest BCUT2D eigenvalue weighted by atomic mass is 10.2. The standard InChI is InChI=1S/C11H16FN3O2S2/c1-7(2)6-14-19(16,17)15-8-3-4-10(12)9(5-8)11(13)18/h3-5,7,14-15H,6H2,1-2H3,(H2,13,18). The van der Waals surface area contributed by atoms with Crippen LogP contribution in [-0.4, -0.2) is 20.0 Å². The predicted octanol–water partition coefficient (Wildman–Crippen LogP) is 1.36. The molecule has 0 aliphatic rings. The molecule has 0 unspecified atom stereocenters. The minimum Gasteiger partial charge on any atom is -0.389 e. The Balaban J connectivity index is 2.88. The van der Waals surface area contributed by atoms with Gasteiger partial charge in [-0.3, -0.25) is 4.72 Å². The van der Waals surface area contributed by atoms with Crippen LogP contribution in [0.1, 0.15) is 19.4 Å². The maximum Gasteiger partial charge on any atom is 0.299 e. The molecule has 0 atom stereocenters. The second-order valence-corrected chi connectivity index (χ2v) is 6.35. The van der Waals surface area contributed by atoms with E-state index >= 15 is 0 Å². The smallest absolute Gasteiger partial charge is 0.299 e. The average Bonchev–Trinajstić information content (AvgIpc) is 2.28. The molecule has 5 nitrogen and oxygen atoms in total. The van der Waals surface area contributed by atoms with Gasteiger partial charge in [-0.05, 0) is 24.1 Å². The van der Waals surface area contributed by atoms with Crippen LogP contribution in [0.3, 0.4) is 0 Å². The van der Waals surface area contributed by atoms with Crippen LogP contribution in [0.25, 0.3) is 0 Å². The van der Waals surface area contributed by atoms with Crippen LogP contribution >= 0.6 is 12.2 Å². The third-order valence-corrected chi connectivity index (χ3v) is 3.44. The van der Waals surface area contributed by atoms with Crippen molar-refractivity contribution in [3.05, 3.63) is 29.6 Å². The second-order valence-electron chi connectivity index (χ2n) is 4.41. The molecule has 1 aromatic rings. The van der Waals surface area contributed by atoms with Gasteiger partial charge < -0.3 is 5.73 Å². The summed E-state index contributed by atoms with van der Waals surface area (Å²) in [6.07, 6.45) is 0. The Bertz CT molecular complexity index is 573. The van der Waals surface area contributed by atoms with Crippen molar-refractivity contribution < 1.29 is 12.8 Å². The van der Waals surface area contributed by atoms with E-state index in [1.165, 1.54) is 12.1 Å². The fourth-order valence-electron chi connectivity index (χ4n) is 1.25. The molecule has 0 aliphatic carbocycles. The van der Waals surface area contributed by atoms with E-state index in [0.29, 0.717) is 6.54 Å². The van der Waals surface area contributed by atoms with E-state index in [1.54, 1.807) is 0 Å². The summed E-state index contributed by atoms with van der Waals surface area (Å²) in [4.78, 5) is -0.131. The van der Waals surface area contributed by atoms with Crippen LogP contribution in [0.5, 0.6) is 0 Å². The maximum atomic E-state index is 13.3. The fraction of sp³-hybridized carbons (Fsp3) is 0.364. The van der Waals surface area contributed by atoms with Crippen LogP contribution in [0.2, 0.25) is 0 Å². The molecule has 0 bridgehead atoms. The van der Waals surface area contributed by atoms with Gasteiger partial charge in [-0.2, -0.15) is 13.1 Å². The number of hydrogen-bond acceptors (Lipinski definition) is 3. The van der Waals surface area contributed by atoms with Gasteiger partial charge in [0.2, 0.25) is 0 Å². The Labute approximate surface area is 117 Å². The Kier molecular flexibility index (Phi) is 5.21. The highest BCUT2D eigenvalue weighted by Crippen LogP contribution is 2.15. The van der Waals surface area contributed by atoms with Gasteiger partial charge in [0.05, 0.1) is 5.69 Å². The van der Waals surface area contributed by atoms with E-state index in [1.807, 2.05) is 13.8 Å². The van der Waals surface area contributed by atoms with Crippen LogP contribution in [0.4, 0.5) is 10.1 Å². The number of benzene rings is 1. The van der Waals surface area contributed by atoms with E-state index in [2.05, 4.69) is 21.7 Å². The molecule has 0 heterocycles. The van der Waals surface area contributed by atoms with Crippen molar-refractivity contribution in [1.82, 2.24) is 4.72 Å². The lowest BCUT2D eigenvalue weighted by Gasteiger charge is -2.12. The average molecular weight is 305 g/mol. The Hall–Kier alpha value is -1.25. The minimum absolute atomic E-state index is 0.000871. The summed E-state index contributed by atoms with van der Waals surface area (Å²) < 4.78 is 41.4. The Morgan fingerprint density at radius 1 is 1.47 bits per heavy atom. The van der Waals surface area contributed by atoms with Gasteiger partial charge in [-0.1, -0.05) is 26.1 Å². The summed E-state index contributed by atoms with van der Waals surface area (Å²) in [7, 11) is -3.69. The summed E-state index contributed by atoms with van der Waals surface area (Å²) in [6.45, 7) is 4.06. The number of rotatable bonds is 6. The first-order valence-electron chi connectivity index (χ1n) is 5.58. The van der Waals surface area contributed by atoms with Gasteiger partial charge in [-0.15, -0.1) is 0 Å². The predicted molar refractivity (Wildman–Crippen MR) is 77.7 cm³/mol. The zero-order valence-corrected chi connectivity index (χ0v) is 12.2. The van der Waals surface area contributed by atoms with Gasteiger partial charge in [0, 0.05) is 12.1 Å². The molecule has 0 amide bonds. The number of thiocarbonyl (C=S) groups is 1. The fourth-order valence-corrected chi connectivity index (χ4v) is 2.46. The Morgan fingerprint density at radius 2 is 2.11 bits per heavy atom. The molecule has 106 valence electrons. The third kappa shape index (κ3) is 5.09. The van der Waals surface area contributed by atoms with Gasteiger partial charge in [0.25, 0.3) is 10.2 Å². The van der Waals surface area contributed by atoms with Crippen LogP contribution < -0.4 is 15.2 Å². The van der Waals surface area contributed by atoms with Crippen LogP contribution in [0.15, 0.2) is 18.2 Å². The lowest BCUT2D eigenvalue weighted by molar-refractivity contribution is 0.565. The molecule has 0 saturated carbocycles. The summed E-state index contributed by atoms with van der Waals surface area (Å²) in [6, 6.07) is 3.66. The molecule has 1 rings (SSSR count). The van der Waals surface area contributed by atoms with E-state index in [4.69, 9.17) is 5.73 Å². The molecule has 0 fully saturated rings. The zero-order valence-electron chi connectivity index (χ0n) is 10.6. The van der Waals surface area contributed by atoms with E-state index in [0.717, 1.165) is 6.07 Å². The largest absolute Gasteiger partial charge is 0.389 e. The first-order valence-corrected chi connectivity index (χ1v) is 7.47. The normalized spacial score (nSPS) is 11.6. The van der Waals surface area contributed by atoms with Crippen molar-refractivity contribution in [3.63, 3.8) is 0 Å². The molecule has 19 heavy (non-hydrogen) atoms. The molecule has 0 spiro atoms. The Morgan fingerprint density at radius 3 is 2.63 bits per heavy atom. The van der Waals surface area contributed by atoms with Gasteiger partial charge in [0.1, 0.15) is 10.8 Å². The molecule has 0 radical (unpaired) electrons. The van der Waals surface area contributed by atoms with Crippen LogP contribution in [-0.2, 0) is 10.2 Å². The number of nitrogens with two attached hydrogens (primary N) is 1. The summed E-state index contributed by atoms with van der Waals surface area (Å²) in [5, 5.41) is 0. The third-order valence-electron chi connectivity index (χ3n) is 2.17. The second kappa shape index (κ2) is 6.27. The molecule has 1 aromatic carbocycles. The molecule has 8 heteroatoms. The first-order chi connectivity index (χ1) is 8.71. The van der Waals surface area contributed by atoms with E-state index in [-0.39, 0.29) is 22.2 Å². The summed E-state index contributed by atoms with van der Waals surface area (Å²) >= 11 is 4.68. The molecule has 4 N–H and O–H groups in total. The van der Waals surface area contributed by atoms with Gasteiger partial charge in [0.15, 0.2) is 0 Å². The zero-order chi connectivity index (χ0) is 14.6. The highest BCUT2D eigenvalue weighted by molar-refractivity contribution is 7.90. The highest BCUT2D eigenvalue weighted by Gasteiger charge is 2.12. The quantitative estimate of drug-likeness (QED) is 0.693. The SMILES string of the molecule is CC(C)CNS(=O)(=O)Nc1ccc(F)c(C(N)=S)c1. The van der Waals surface area contributed by atoms with Crippen molar-refractivity contribution in [2.75, 3.05) is 11.3 Å².